The molecule has 0 fully saturated rings. The molecule has 0 radical (unpaired) electrons. The molecule has 2 rings (SSSR count). The lowest BCUT2D eigenvalue weighted by molar-refractivity contribution is 0.836. The zero-order valence-electron chi connectivity index (χ0n) is 9.55. The van der Waals surface area contributed by atoms with Gasteiger partial charge in [0, 0.05) is 38.1 Å². The van der Waals surface area contributed by atoms with Crippen LogP contribution in [-0.4, -0.2) is 28.5 Å². The molecule has 17 heavy (non-hydrogen) atoms. The first kappa shape index (κ1) is 11.8. The van der Waals surface area contributed by atoms with Gasteiger partial charge in [0.2, 0.25) is 5.28 Å². The molecular formula is C12H13ClN4. The average Bonchev–Trinajstić information content (AvgIpc) is 2.37. The van der Waals surface area contributed by atoms with Crippen molar-refractivity contribution in [1.82, 2.24) is 15.0 Å². The van der Waals surface area contributed by atoms with Gasteiger partial charge in [-0.05, 0) is 29.8 Å². The van der Waals surface area contributed by atoms with Crippen LogP contribution in [0.2, 0.25) is 5.28 Å². The second-order valence-corrected chi connectivity index (χ2v) is 4.01. The molecule has 2 aromatic heterocycles. The number of likely N-dealkylation sites (N-methyl/N-ethyl adjacent to an activating group) is 1. The highest BCUT2D eigenvalue weighted by molar-refractivity contribution is 6.28. The van der Waals surface area contributed by atoms with Gasteiger partial charge in [0.1, 0.15) is 5.82 Å². The van der Waals surface area contributed by atoms with E-state index in [0.717, 1.165) is 24.5 Å². The number of rotatable bonds is 4. The molecule has 0 aliphatic carbocycles. The van der Waals surface area contributed by atoms with E-state index < -0.39 is 0 Å². The minimum Gasteiger partial charge on any atom is -0.359 e. The summed E-state index contributed by atoms with van der Waals surface area (Å²) in [7, 11) is 1.97. The molecule has 0 saturated heterocycles. The molecule has 0 aliphatic heterocycles. The van der Waals surface area contributed by atoms with E-state index >= 15 is 0 Å². The fraction of sp³-hybridized carbons (Fsp3) is 0.250. The van der Waals surface area contributed by atoms with Crippen molar-refractivity contribution in [2.45, 2.75) is 6.42 Å². The molecule has 0 spiro atoms. The molecule has 0 N–H and O–H groups in total. The van der Waals surface area contributed by atoms with Crippen LogP contribution in [0, 0.1) is 0 Å². The fourth-order valence-corrected chi connectivity index (χ4v) is 1.62. The Hall–Kier alpha value is -1.68. The van der Waals surface area contributed by atoms with Crippen LogP contribution >= 0.6 is 11.6 Å². The number of anilines is 1. The molecule has 0 unspecified atom stereocenters. The molecule has 0 bridgehead atoms. The van der Waals surface area contributed by atoms with Crippen molar-refractivity contribution in [2.75, 3.05) is 18.5 Å². The van der Waals surface area contributed by atoms with Crippen LogP contribution in [0.15, 0.2) is 36.7 Å². The number of nitrogens with zero attached hydrogens (tertiary/aromatic N) is 4. The molecule has 0 saturated carbocycles. The number of hydrogen-bond acceptors (Lipinski definition) is 4. The Balaban J connectivity index is 1.96. The predicted molar refractivity (Wildman–Crippen MR) is 68.3 cm³/mol. The molecule has 88 valence electrons. The van der Waals surface area contributed by atoms with Gasteiger partial charge in [-0.3, -0.25) is 4.98 Å². The van der Waals surface area contributed by atoms with E-state index in [-0.39, 0.29) is 5.28 Å². The zero-order valence-corrected chi connectivity index (χ0v) is 10.3. The number of aromatic nitrogens is 3. The van der Waals surface area contributed by atoms with E-state index in [2.05, 4.69) is 15.0 Å². The summed E-state index contributed by atoms with van der Waals surface area (Å²) in [4.78, 5) is 14.3. The fourth-order valence-electron chi connectivity index (χ4n) is 1.48. The first-order chi connectivity index (χ1) is 8.25. The van der Waals surface area contributed by atoms with Crippen molar-refractivity contribution < 1.29 is 0 Å². The van der Waals surface area contributed by atoms with Gasteiger partial charge in [0.05, 0.1) is 0 Å². The lowest BCUT2D eigenvalue weighted by Gasteiger charge is -2.17. The smallest absolute Gasteiger partial charge is 0.224 e. The summed E-state index contributed by atoms with van der Waals surface area (Å²) in [5.74, 6) is 0.820. The van der Waals surface area contributed by atoms with Crippen LogP contribution in [0.1, 0.15) is 5.69 Å². The van der Waals surface area contributed by atoms with Crippen LogP contribution in [0.4, 0.5) is 5.82 Å². The van der Waals surface area contributed by atoms with Crippen molar-refractivity contribution in [2.24, 2.45) is 0 Å². The lowest BCUT2D eigenvalue weighted by atomic mass is 10.2. The van der Waals surface area contributed by atoms with Crippen molar-refractivity contribution in [3.8, 4) is 0 Å². The van der Waals surface area contributed by atoms with Crippen LogP contribution in [0.25, 0.3) is 0 Å². The van der Waals surface area contributed by atoms with Crippen LogP contribution in [0.5, 0.6) is 0 Å². The normalized spacial score (nSPS) is 10.2. The lowest BCUT2D eigenvalue weighted by Crippen LogP contribution is -2.21. The largest absolute Gasteiger partial charge is 0.359 e. The van der Waals surface area contributed by atoms with E-state index in [4.69, 9.17) is 11.6 Å². The molecular weight excluding hydrogens is 236 g/mol. The highest BCUT2D eigenvalue weighted by Gasteiger charge is 2.04. The van der Waals surface area contributed by atoms with Gasteiger partial charge in [0.15, 0.2) is 0 Å². The Labute approximate surface area is 105 Å². The maximum atomic E-state index is 5.74. The Kier molecular flexibility index (Phi) is 3.88. The Morgan fingerprint density at radius 2 is 2.06 bits per heavy atom. The van der Waals surface area contributed by atoms with E-state index in [9.17, 15) is 0 Å². The Morgan fingerprint density at radius 1 is 1.18 bits per heavy atom. The van der Waals surface area contributed by atoms with E-state index in [1.165, 1.54) is 0 Å². The minimum absolute atomic E-state index is 0.271. The summed E-state index contributed by atoms with van der Waals surface area (Å²) in [6, 6.07) is 7.76. The molecule has 2 heterocycles. The second-order valence-electron chi connectivity index (χ2n) is 3.68. The van der Waals surface area contributed by atoms with Gasteiger partial charge < -0.3 is 4.90 Å². The highest BCUT2D eigenvalue weighted by Crippen LogP contribution is 2.10. The van der Waals surface area contributed by atoms with Gasteiger partial charge in [-0.25, -0.2) is 9.97 Å². The third-order valence-electron chi connectivity index (χ3n) is 2.43. The standard InChI is InChI=1S/C12H13ClN4/c1-17(11-5-8-15-12(13)16-11)9-6-10-4-2-3-7-14-10/h2-5,7-8H,6,9H2,1H3. The maximum absolute atomic E-state index is 5.74. The predicted octanol–water partition coefficient (Wildman–Crippen LogP) is 2.20. The molecule has 0 aromatic carbocycles. The summed E-state index contributed by atoms with van der Waals surface area (Å²) in [5.41, 5.74) is 1.07. The van der Waals surface area contributed by atoms with Crippen molar-refractivity contribution in [1.29, 1.82) is 0 Å². The van der Waals surface area contributed by atoms with Crippen LogP contribution < -0.4 is 4.90 Å². The summed E-state index contributed by atoms with van der Waals surface area (Å²) < 4.78 is 0. The SMILES string of the molecule is CN(CCc1ccccn1)c1ccnc(Cl)n1. The third-order valence-corrected chi connectivity index (χ3v) is 2.61. The van der Waals surface area contributed by atoms with Gasteiger partial charge in [0.25, 0.3) is 0 Å². The zero-order chi connectivity index (χ0) is 12.1. The Bertz CT molecular complexity index is 475. The van der Waals surface area contributed by atoms with Crippen molar-refractivity contribution >= 4 is 17.4 Å². The molecule has 0 amide bonds. The van der Waals surface area contributed by atoms with E-state index in [1.807, 2.05) is 36.2 Å². The van der Waals surface area contributed by atoms with Crippen LogP contribution in [-0.2, 0) is 6.42 Å². The van der Waals surface area contributed by atoms with Gasteiger partial charge in [-0.2, -0.15) is 0 Å². The molecule has 0 atom stereocenters. The highest BCUT2D eigenvalue weighted by atomic mass is 35.5. The van der Waals surface area contributed by atoms with E-state index in [0.29, 0.717) is 0 Å². The number of hydrogen-bond donors (Lipinski definition) is 0. The quantitative estimate of drug-likeness (QED) is 0.778. The second kappa shape index (κ2) is 5.59. The average molecular weight is 249 g/mol. The number of pyridine rings is 1. The minimum atomic E-state index is 0.271. The maximum Gasteiger partial charge on any atom is 0.224 e. The van der Waals surface area contributed by atoms with E-state index in [1.54, 1.807) is 12.4 Å². The summed E-state index contributed by atoms with van der Waals surface area (Å²) in [6.45, 7) is 0.838. The molecule has 4 nitrogen and oxygen atoms in total. The van der Waals surface area contributed by atoms with Gasteiger partial charge in [-0.1, -0.05) is 6.07 Å². The summed E-state index contributed by atoms with van der Waals surface area (Å²) in [6.07, 6.45) is 4.33. The number of halogens is 1. The summed E-state index contributed by atoms with van der Waals surface area (Å²) in [5, 5.41) is 0.271. The Morgan fingerprint density at radius 3 is 2.76 bits per heavy atom. The monoisotopic (exact) mass is 248 g/mol. The van der Waals surface area contributed by atoms with Crippen molar-refractivity contribution in [3.05, 3.63) is 47.6 Å². The first-order valence-corrected chi connectivity index (χ1v) is 5.73. The third kappa shape index (κ3) is 3.39. The molecule has 5 heteroatoms. The molecule has 2 aromatic rings. The summed E-state index contributed by atoms with van der Waals surface area (Å²) >= 11 is 5.74. The van der Waals surface area contributed by atoms with Gasteiger partial charge >= 0.3 is 0 Å². The topological polar surface area (TPSA) is 41.9 Å². The molecule has 0 aliphatic rings. The first-order valence-electron chi connectivity index (χ1n) is 5.35. The van der Waals surface area contributed by atoms with Crippen LogP contribution in [0.3, 0.4) is 0 Å². The van der Waals surface area contributed by atoms with Crippen molar-refractivity contribution in [3.63, 3.8) is 0 Å². The van der Waals surface area contributed by atoms with Gasteiger partial charge in [-0.15, -0.1) is 0 Å².